The Bertz CT molecular complexity index is 610. The van der Waals surface area contributed by atoms with Crippen LogP contribution in [-0.4, -0.2) is 17.3 Å². The molecule has 21 heavy (non-hydrogen) atoms. The number of carbonyl (C=O) groups excluding carboxylic acids is 1. The summed E-state index contributed by atoms with van der Waals surface area (Å²) in [6, 6.07) is 18.1. The van der Waals surface area contributed by atoms with Crippen LogP contribution in [0.15, 0.2) is 60.7 Å². The number of nitro groups is 1. The van der Waals surface area contributed by atoms with Crippen molar-refractivity contribution in [3.8, 4) is 0 Å². The second kappa shape index (κ2) is 6.79. The molecule has 0 N–H and O–H groups in total. The predicted octanol–water partition coefficient (Wildman–Crippen LogP) is 3.57. The van der Waals surface area contributed by atoms with E-state index in [-0.39, 0.29) is 17.3 Å². The van der Waals surface area contributed by atoms with Crippen molar-refractivity contribution in [2.45, 2.75) is 12.8 Å². The molecule has 0 saturated heterocycles. The predicted molar refractivity (Wildman–Crippen MR) is 81.0 cm³/mol. The summed E-state index contributed by atoms with van der Waals surface area (Å²) in [4.78, 5) is 23.1. The minimum atomic E-state index is -0.444. The summed E-state index contributed by atoms with van der Waals surface area (Å²) in [5, 5.41) is 10.9. The number of Topliss-reactive ketones (excluding diaryl/α,β-unsaturated/α-hetero) is 1. The smallest absolute Gasteiger partial charge is 0.211 e. The molecule has 2 aromatic rings. The summed E-state index contributed by atoms with van der Waals surface area (Å²) in [5.74, 6) is -0.930. The van der Waals surface area contributed by atoms with Crippen LogP contribution in [0.5, 0.6) is 0 Å². The van der Waals surface area contributed by atoms with Crippen molar-refractivity contribution >= 4 is 5.78 Å². The molecule has 0 fully saturated rings. The second-order valence-electron chi connectivity index (χ2n) is 5.05. The molecule has 0 spiro atoms. The average molecular weight is 283 g/mol. The van der Waals surface area contributed by atoms with Gasteiger partial charge in [0.1, 0.15) is 0 Å². The van der Waals surface area contributed by atoms with Gasteiger partial charge in [0.25, 0.3) is 0 Å². The van der Waals surface area contributed by atoms with Gasteiger partial charge in [0.2, 0.25) is 6.54 Å². The highest BCUT2D eigenvalue weighted by Crippen LogP contribution is 2.27. The summed E-state index contributed by atoms with van der Waals surface area (Å²) in [6.07, 6.45) is 0. The fourth-order valence-electron chi connectivity index (χ4n) is 2.46. The molecule has 0 aliphatic heterocycles. The molecule has 0 bridgehead atoms. The van der Waals surface area contributed by atoms with Gasteiger partial charge >= 0.3 is 0 Å². The van der Waals surface area contributed by atoms with Crippen LogP contribution in [0.4, 0.5) is 0 Å². The van der Waals surface area contributed by atoms with E-state index in [1.54, 1.807) is 31.2 Å². The van der Waals surface area contributed by atoms with E-state index in [1.807, 2.05) is 36.4 Å². The summed E-state index contributed by atoms with van der Waals surface area (Å²) < 4.78 is 0. The molecule has 2 aromatic carbocycles. The van der Waals surface area contributed by atoms with E-state index in [0.717, 1.165) is 5.56 Å². The third-order valence-corrected chi connectivity index (χ3v) is 3.65. The zero-order valence-electron chi connectivity index (χ0n) is 11.8. The quantitative estimate of drug-likeness (QED) is 0.462. The van der Waals surface area contributed by atoms with Crippen molar-refractivity contribution in [3.05, 3.63) is 81.9 Å². The minimum Gasteiger partial charge on any atom is -0.294 e. The number of ketones is 1. The first-order valence-electron chi connectivity index (χ1n) is 6.85. The fraction of sp³-hybridized carbons (Fsp3) is 0.235. The van der Waals surface area contributed by atoms with Crippen LogP contribution in [0.25, 0.3) is 0 Å². The molecule has 0 aliphatic rings. The lowest BCUT2D eigenvalue weighted by molar-refractivity contribution is -0.484. The lowest BCUT2D eigenvalue weighted by Crippen LogP contribution is -2.25. The van der Waals surface area contributed by atoms with Crippen molar-refractivity contribution in [1.29, 1.82) is 0 Å². The Morgan fingerprint density at radius 1 is 1.05 bits per heavy atom. The maximum atomic E-state index is 12.5. The first-order chi connectivity index (χ1) is 10.1. The highest BCUT2D eigenvalue weighted by atomic mass is 16.6. The molecule has 0 amide bonds. The van der Waals surface area contributed by atoms with Crippen LogP contribution < -0.4 is 0 Å². The third-order valence-electron chi connectivity index (χ3n) is 3.65. The highest BCUT2D eigenvalue weighted by Gasteiger charge is 2.30. The molecule has 0 heterocycles. The minimum absolute atomic E-state index is 0.0636. The molecule has 4 heteroatoms. The summed E-state index contributed by atoms with van der Waals surface area (Å²) in [5.41, 5.74) is 1.42. The standard InChI is InChI=1S/C17H17NO3/c1-13(17(19)15-10-6-3-7-11-15)16(12-18(20)21)14-8-4-2-5-9-14/h2-11,13,16H,12H2,1H3/t13-,16+/m0/s1. The largest absolute Gasteiger partial charge is 0.294 e. The van der Waals surface area contributed by atoms with Crippen LogP contribution in [0.2, 0.25) is 0 Å². The second-order valence-corrected chi connectivity index (χ2v) is 5.05. The zero-order valence-corrected chi connectivity index (χ0v) is 11.8. The van der Waals surface area contributed by atoms with Crippen LogP contribution >= 0.6 is 0 Å². The number of carbonyl (C=O) groups is 1. The zero-order chi connectivity index (χ0) is 15.2. The van der Waals surface area contributed by atoms with Crippen molar-refractivity contribution in [3.63, 3.8) is 0 Å². The molecule has 108 valence electrons. The van der Waals surface area contributed by atoms with E-state index < -0.39 is 11.8 Å². The number of benzene rings is 2. The van der Waals surface area contributed by atoms with Crippen molar-refractivity contribution in [1.82, 2.24) is 0 Å². The molecule has 0 aliphatic carbocycles. The molecular formula is C17H17NO3. The number of hydrogen-bond donors (Lipinski definition) is 0. The van der Waals surface area contributed by atoms with Gasteiger partial charge in [0, 0.05) is 16.4 Å². The summed E-state index contributed by atoms with van der Waals surface area (Å²) in [6.45, 7) is 1.51. The Kier molecular flexibility index (Phi) is 4.82. The number of nitrogens with zero attached hydrogens (tertiary/aromatic N) is 1. The normalized spacial score (nSPS) is 13.4. The lowest BCUT2D eigenvalue weighted by atomic mass is 9.82. The van der Waals surface area contributed by atoms with Crippen LogP contribution in [-0.2, 0) is 0 Å². The van der Waals surface area contributed by atoms with Gasteiger partial charge in [-0.1, -0.05) is 67.6 Å². The molecule has 2 atom stereocenters. The van der Waals surface area contributed by atoms with Gasteiger partial charge in [-0.05, 0) is 5.56 Å². The Morgan fingerprint density at radius 3 is 2.10 bits per heavy atom. The van der Waals surface area contributed by atoms with E-state index in [4.69, 9.17) is 0 Å². The lowest BCUT2D eigenvalue weighted by Gasteiger charge is -2.20. The summed E-state index contributed by atoms with van der Waals surface area (Å²) in [7, 11) is 0. The Morgan fingerprint density at radius 2 is 1.57 bits per heavy atom. The van der Waals surface area contributed by atoms with Gasteiger partial charge < -0.3 is 0 Å². The monoisotopic (exact) mass is 283 g/mol. The van der Waals surface area contributed by atoms with Crippen molar-refractivity contribution < 1.29 is 9.72 Å². The van der Waals surface area contributed by atoms with Gasteiger partial charge in [-0.15, -0.1) is 0 Å². The summed E-state index contributed by atoms with van der Waals surface area (Å²) >= 11 is 0. The van der Waals surface area contributed by atoms with Gasteiger partial charge in [-0.25, -0.2) is 0 Å². The Hall–Kier alpha value is -2.49. The van der Waals surface area contributed by atoms with E-state index in [0.29, 0.717) is 5.56 Å². The SMILES string of the molecule is C[C@H](C(=O)c1ccccc1)[C@@H](C[N+](=O)[O-])c1ccccc1. The highest BCUT2D eigenvalue weighted by molar-refractivity contribution is 5.98. The first kappa shape index (κ1) is 14.9. The van der Waals surface area contributed by atoms with Crippen LogP contribution in [0.3, 0.4) is 0 Å². The average Bonchev–Trinajstić information content (AvgIpc) is 2.53. The molecule has 4 nitrogen and oxygen atoms in total. The Labute approximate surface area is 123 Å². The molecular weight excluding hydrogens is 266 g/mol. The van der Waals surface area contributed by atoms with Crippen LogP contribution in [0, 0.1) is 16.0 Å². The maximum absolute atomic E-state index is 12.5. The molecule has 2 rings (SSSR count). The molecule has 0 saturated carbocycles. The Balaban J connectivity index is 2.28. The van der Waals surface area contributed by atoms with Gasteiger partial charge in [-0.3, -0.25) is 14.9 Å². The van der Waals surface area contributed by atoms with Crippen LogP contribution in [0.1, 0.15) is 28.8 Å². The van der Waals surface area contributed by atoms with E-state index in [9.17, 15) is 14.9 Å². The number of hydrogen-bond acceptors (Lipinski definition) is 3. The van der Waals surface area contributed by atoms with Crippen molar-refractivity contribution in [2.24, 2.45) is 5.92 Å². The molecule has 0 radical (unpaired) electrons. The fourth-order valence-corrected chi connectivity index (χ4v) is 2.46. The van der Waals surface area contributed by atoms with Gasteiger partial charge in [-0.2, -0.15) is 0 Å². The first-order valence-corrected chi connectivity index (χ1v) is 6.85. The van der Waals surface area contributed by atoms with Gasteiger partial charge in [0.05, 0.1) is 5.92 Å². The molecule has 0 unspecified atom stereocenters. The molecule has 0 aromatic heterocycles. The maximum Gasteiger partial charge on any atom is 0.211 e. The third kappa shape index (κ3) is 3.75. The van der Waals surface area contributed by atoms with Crippen molar-refractivity contribution in [2.75, 3.05) is 6.54 Å². The van der Waals surface area contributed by atoms with E-state index in [2.05, 4.69) is 0 Å². The van der Waals surface area contributed by atoms with Gasteiger partial charge in [0.15, 0.2) is 5.78 Å². The van der Waals surface area contributed by atoms with E-state index in [1.165, 1.54) is 0 Å². The van der Waals surface area contributed by atoms with E-state index >= 15 is 0 Å². The number of rotatable bonds is 6. The topological polar surface area (TPSA) is 60.2 Å².